The third-order valence-electron chi connectivity index (χ3n) is 4.35. The van der Waals surface area contributed by atoms with E-state index in [9.17, 15) is 4.79 Å². The summed E-state index contributed by atoms with van der Waals surface area (Å²) in [6, 6.07) is 6.04. The van der Waals surface area contributed by atoms with Crippen molar-refractivity contribution in [1.29, 1.82) is 0 Å². The number of carbonyl (C=O) groups excluding carboxylic acids is 1. The van der Waals surface area contributed by atoms with Gasteiger partial charge in [-0.2, -0.15) is 0 Å². The molecule has 6 heteroatoms. The van der Waals surface area contributed by atoms with Crippen LogP contribution in [0.15, 0.2) is 28.9 Å². The number of rotatable bonds is 2. The fraction of sp³-hybridized carbons (Fsp3) is 0.353. The number of hydrogen-bond donors (Lipinski definition) is 1. The van der Waals surface area contributed by atoms with Gasteiger partial charge in [-0.05, 0) is 31.0 Å². The van der Waals surface area contributed by atoms with E-state index in [0.29, 0.717) is 13.0 Å². The summed E-state index contributed by atoms with van der Waals surface area (Å²) in [6.07, 6.45) is 3.16. The van der Waals surface area contributed by atoms with Crippen LogP contribution in [0.25, 0.3) is 5.65 Å². The van der Waals surface area contributed by atoms with E-state index in [1.54, 1.807) is 0 Å². The number of imidazole rings is 1. The minimum absolute atomic E-state index is 0.00306. The second-order valence-corrected chi connectivity index (χ2v) is 5.98. The highest BCUT2D eigenvalue weighted by Crippen LogP contribution is 2.33. The van der Waals surface area contributed by atoms with Crippen molar-refractivity contribution in [3.05, 3.63) is 52.8 Å². The number of aryl methyl sites for hydroxylation is 2. The van der Waals surface area contributed by atoms with Crippen molar-refractivity contribution in [3.8, 4) is 0 Å². The average molecular weight is 310 g/mol. The first-order valence-electron chi connectivity index (χ1n) is 7.85. The molecule has 4 heterocycles. The molecule has 0 spiro atoms. The standard InChI is InChI=1S/C17H18N4O2/c1-3-11-7-14(23-20-11)12-8-16(22)18-9-13-17(12)21-5-4-10(2)6-15(21)19-13/h4-7,12H,3,8-9H2,1-2H3,(H,18,22). The largest absolute Gasteiger partial charge is 0.360 e. The lowest BCUT2D eigenvalue weighted by atomic mass is 9.97. The first kappa shape index (κ1) is 14.0. The summed E-state index contributed by atoms with van der Waals surface area (Å²) in [5, 5.41) is 7.00. The van der Waals surface area contributed by atoms with Crippen molar-refractivity contribution in [1.82, 2.24) is 19.9 Å². The Morgan fingerprint density at radius 1 is 1.43 bits per heavy atom. The van der Waals surface area contributed by atoms with Gasteiger partial charge in [-0.15, -0.1) is 0 Å². The van der Waals surface area contributed by atoms with E-state index in [1.165, 1.54) is 0 Å². The Hall–Kier alpha value is -2.63. The van der Waals surface area contributed by atoms with E-state index in [2.05, 4.69) is 14.9 Å². The molecule has 23 heavy (non-hydrogen) atoms. The third-order valence-corrected chi connectivity index (χ3v) is 4.35. The van der Waals surface area contributed by atoms with E-state index in [4.69, 9.17) is 9.51 Å². The van der Waals surface area contributed by atoms with Gasteiger partial charge < -0.3 is 14.2 Å². The van der Waals surface area contributed by atoms with Crippen molar-refractivity contribution in [2.45, 2.75) is 39.2 Å². The molecule has 6 nitrogen and oxygen atoms in total. The normalized spacial score (nSPS) is 17.8. The first-order chi connectivity index (χ1) is 11.2. The molecule has 1 aliphatic rings. The molecule has 4 rings (SSSR count). The van der Waals surface area contributed by atoms with Gasteiger partial charge in [0, 0.05) is 18.7 Å². The van der Waals surface area contributed by atoms with Gasteiger partial charge in [0.1, 0.15) is 11.4 Å². The van der Waals surface area contributed by atoms with Gasteiger partial charge in [0.25, 0.3) is 0 Å². The maximum absolute atomic E-state index is 12.1. The molecule has 1 aliphatic heterocycles. The molecule has 0 aliphatic carbocycles. The summed E-state index contributed by atoms with van der Waals surface area (Å²) in [4.78, 5) is 16.8. The molecule has 3 aromatic heterocycles. The SMILES string of the molecule is CCc1cc(C2CC(=O)NCc3nc4cc(C)ccn4c32)on1. The van der Waals surface area contributed by atoms with Crippen molar-refractivity contribution in [2.24, 2.45) is 0 Å². The number of carbonyl (C=O) groups is 1. The van der Waals surface area contributed by atoms with Gasteiger partial charge in [-0.25, -0.2) is 4.98 Å². The van der Waals surface area contributed by atoms with Gasteiger partial charge in [0.05, 0.1) is 29.5 Å². The zero-order valence-corrected chi connectivity index (χ0v) is 13.2. The lowest BCUT2D eigenvalue weighted by molar-refractivity contribution is -0.121. The molecule has 0 radical (unpaired) electrons. The van der Waals surface area contributed by atoms with Crippen LogP contribution in [0.2, 0.25) is 0 Å². The summed E-state index contributed by atoms with van der Waals surface area (Å²) in [5.74, 6) is 0.559. The lowest BCUT2D eigenvalue weighted by Gasteiger charge is -2.11. The molecule has 1 amide bonds. The van der Waals surface area contributed by atoms with Crippen molar-refractivity contribution >= 4 is 11.6 Å². The second-order valence-electron chi connectivity index (χ2n) is 5.98. The summed E-state index contributed by atoms with van der Waals surface area (Å²) in [5.41, 5.74) is 4.85. The van der Waals surface area contributed by atoms with E-state index < -0.39 is 0 Å². The van der Waals surface area contributed by atoms with Crippen molar-refractivity contribution in [3.63, 3.8) is 0 Å². The highest BCUT2D eigenvalue weighted by molar-refractivity contribution is 5.78. The Labute approximate surface area is 133 Å². The van der Waals surface area contributed by atoms with Gasteiger partial charge >= 0.3 is 0 Å². The minimum Gasteiger partial charge on any atom is -0.360 e. The summed E-state index contributed by atoms with van der Waals surface area (Å²) >= 11 is 0. The van der Waals surface area contributed by atoms with Crippen LogP contribution in [-0.4, -0.2) is 20.4 Å². The van der Waals surface area contributed by atoms with Crippen LogP contribution in [0.3, 0.4) is 0 Å². The van der Waals surface area contributed by atoms with Gasteiger partial charge in [0.2, 0.25) is 5.91 Å². The van der Waals surface area contributed by atoms with E-state index in [1.807, 2.05) is 38.2 Å². The number of pyridine rings is 1. The molecule has 1 atom stereocenters. The van der Waals surface area contributed by atoms with Gasteiger partial charge in [-0.3, -0.25) is 4.79 Å². The number of fused-ring (bicyclic) bond motifs is 3. The predicted molar refractivity (Wildman–Crippen MR) is 84.1 cm³/mol. The van der Waals surface area contributed by atoms with E-state index >= 15 is 0 Å². The lowest BCUT2D eigenvalue weighted by Crippen LogP contribution is -2.21. The fourth-order valence-electron chi connectivity index (χ4n) is 3.14. The Morgan fingerprint density at radius 2 is 2.30 bits per heavy atom. The topological polar surface area (TPSA) is 72.4 Å². The molecular formula is C17H18N4O2. The van der Waals surface area contributed by atoms with Gasteiger partial charge in [-0.1, -0.05) is 12.1 Å². The fourth-order valence-corrected chi connectivity index (χ4v) is 3.14. The second kappa shape index (κ2) is 5.22. The van der Waals surface area contributed by atoms with Crippen LogP contribution in [-0.2, 0) is 17.8 Å². The summed E-state index contributed by atoms with van der Waals surface area (Å²) in [6.45, 7) is 4.52. The van der Waals surface area contributed by atoms with Crippen LogP contribution < -0.4 is 5.32 Å². The van der Waals surface area contributed by atoms with Gasteiger partial charge in [0.15, 0.2) is 0 Å². The zero-order valence-electron chi connectivity index (χ0n) is 13.2. The third kappa shape index (κ3) is 2.30. The van der Waals surface area contributed by atoms with E-state index in [-0.39, 0.29) is 11.8 Å². The Bertz CT molecular complexity index is 893. The maximum Gasteiger partial charge on any atom is 0.221 e. The highest BCUT2D eigenvalue weighted by Gasteiger charge is 2.31. The molecule has 1 unspecified atom stereocenters. The predicted octanol–water partition coefficient (Wildman–Crippen LogP) is 2.34. The molecule has 118 valence electrons. The molecule has 0 bridgehead atoms. The molecular weight excluding hydrogens is 292 g/mol. The number of nitrogens with one attached hydrogen (secondary N) is 1. The maximum atomic E-state index is 12.1. The van der Waals surface area contributed by atoms with Crippen LogP contribution in [0.4, 0.5) is 0 Å². The molecule has 3 aromatic rings. The first-order valence-corrected chi connectivity index (χ1v) is 7.85. The average Bonchev–Trinajstić information content (AvgIpc) is 3.11. The van der Waals surface area contributed by atoms with Crippen molar-refractivity contribution < 1.29 is 9.32 Å². The quantitative estimate of drug-likeness (QED) is 0.788. The van der Waals surface area contributed by atoms with Crippen molar-refractivity contribution in [2.75, 3.05) is 0 Å². The molecule has 0 aromatic carbocycles. The summed E-state index contributed by atoms with van der Waals surface area (Å²) < 4.78 is 7.58. The molecule has 0 fully saturated rings. The van der Waals surface area contributed by atoms with Crippen LogP contribution in [0.1, 0.15) is 47.7 Å². The monoisotopic (exact) mass is 310 g/mol. The number of hydrogen-bond acceptors (Lipinski definition) is 4. The minimum atomic E-state index is -0.169. The Kier molecular flexibility index (Phi) is 3.18. The zero-order chi connectivity index (χ0) is 16.0. The van der Waals surface area contributed by atoms with Crippen LogP contribution in [0, 0.1) is 6.92 Å². The smallest absolute Gasteiger partial charge is 0.221 e. The Balaban J connectivity index is 1.91. The molecule has 1 N–H and O–H groups in total. The Morgan fingerprint density at radius 3 is 3.09 bits per heavy atom. The number of nitrogens with zero attached hydrogens (tertiary/aromatic N) is 3. The highest BCUT2D eigenvalue weighted by atomic mass is 16.5. The number of amides is 1. The van der Waals surface area contributed by atoms with Crippen LogP contribution >= 0.6 is 0 Å². The van der Waals surface area contributed by atoms with Crippen LogP contribution in [0.5, 0.6) is 0 Å². The molecule has 0 saturated carbocycles. The molecule has 0 saturated heterocycles. The summed E-state index contributed by atoms with van der Waals surface area (Å²) in [7, 11) is 0. The van der Waals surface area contributed by atoms with E-state index in [0.717, 1.165) is 40.5 Å². The number of aromatic nitrogens is 3.